The lowest BCUT2D eigenvalue weighted by atomic mass is 10.0. The number of rotatable bonds is 6. The number of aromatic amines is 1. The second kappa shape index (κ2) is 14.3. The molecule has 5 heterocycles. The molecule has 0 unspecified atom stereocenters. The number of hydrogen-bond acceptors (Lipinski definition) is 7. The highest BCUT2D eigenvalue weighted by Gasteiger charge is 2.36. The molecule has 4 amide bonds. The molecule has 0 bridgehead atoms. The molecule has 1 atom stereocenters. The van der Waals surface area contributed by atoms with Gasteiger partial charge in [-0.25, -0.2) is 9.59 Å². The summed E-state index contributed by atoms with van der Waals surface area (Å²) < 4.78 is 6.09. The third-order valence-corrected chi connectivity index (χ3v) is 10.4. The molecule has 12 nitrogen and oxygen atoms in total. The average Bonchev–Trinajstić information content (AvgIpc) is 3.29. The number of amides is 4. The second-order valence-electron chi connectivity index (χ2n) is 13.3. The lowest BCUT2D eigenvalue weighted by molar-refractivity contribution is -0.142. The van der Waals surface area contributed by atoms with Gasteiger partial charge in [0.15, 0.2) is 6.10 Å². The summed E-state index contributed by atoms with van der Waals surface area (Å²) in [6, 6.07) is 14.3. The van der Waals surface area contributed by atoms with Crippen molar-refractivity contribution in [1.82, 2.24) is 35.1 Å². The van der Waals surface area contributed by atoms with E-state index in [2.05, 4.69) is 31.8 Å². The summed E-state index contributed by atoms with van der Waals surface area (Å²) >= 11 is 0. The number of nitrogens with one attached hydrogen (secondary N) is 3. The van der Waals surface area contributed by atoms with Crippen molar-refractivity contribution in [2.75, 3.05) is 64.2 Å². The Labute approximate surface area is 275 Å². The Hall–Kier alpha value is -4.16. The van der Waals surface area contributed by atoms with Crippen LogP contribution in [0.15, 0.2) is 48.7 Å². The van der Waals surface area contributed by atoms with Crippen molar-refractivity contribution in [3.63, 3.8) is 0 Å². The minimum Gasteiger partial charge on any atom is -0.436 e. The van der Waals surface area contributed by atoms with Crippen molar-refractivity contribution in [3.05, 3.63) is 59.8 Å². The normalized spacial score (nSPS) is 21.1. The van der Waals surface area contributed by atoms with E-state index in [1.165, 1.54) is 0 Å². The van der Waals surface area contributed by atoms with Gasteiger partial charge in [0.2, 0.25) is 0 Å². The maximum atomic E-state index is 14.0. The van der Waals surface area contributed by atoms with Crippen molar-refractivity contribution in [3.8, 4) is 0 Å². The Morgan fingerprint density at radius 2 is 1.68 bits per heavy atom. The monoisotopic (exact) mass is 642 g/mol. The summed E-state index contributed by atoms with van der Waals surface area (Å²) in [4.78, 5) is 48.8. The fraction of sp³-hybridized carbons (Fsp3) is 0.543. The molecule has 3 N–H and O–H groups in total. The van der Waals surface area contributed by atoms with Gasteiger partial charge in [-0.3, -0.25) is 14.8 Å². The van der Waals surface area contributed by atoms with Crippen molar-refractivity contribution >= 4 is 34.6 Å². The van der Waals surface area contributed by atoms with Gasteiger partial charge in [-0.05, 0) is 80.9 Å². The van der Waals surface area contributed by atoms with Gasteiger partial charge < -0.3 is 30.1 Å². The highest BCUT2D eigenvalue weighted by molar-refractivity contribution is 5.91. The van der Waals surface area contributed by atoms with E-state index in [0.29, 0.717) is 58.0 Å². The summed E-state index contributed by atoms with van der Waals surface area (Å²) in [6.45, 7) is 7.11. The van der Waals surface area contributed by atoms with Crippen LogP contribution in [0.4, 0.5) is 15.3 Å². The summed E-state index contributed by atoms with van der Waals surface area (Å²) in [5.74, 6) is -0.127. The van der Waals surface area contributed by atoms with E-state index in [9.17, 15) is 14.4 Å². The molecule has 7 rings (SSSR count). The van der Waals surface area contributed by atoms with Crippen molar-refractivity contribution < 1.29 is 19.1 Å². The maximum Gasteiger partial charge on any atom is 0.410 e. The number of para-hydroxylation sites is 1. The predicted molar refractivity (Wildman–Crippen MR) is 179 cm³/mol. The topological polar surface area (TPSA) is 126 Å². The van der Waals surface area contributed by atoms with Crippen LogP contribution in [0.2, 0.25) is 0 Å². The number of ether oxygens (including phenoxy) is 1. The molecule has 0 radical (unpaired) electrons. The van der Waals surface area contributed by atoms with E-state index in [0.717, 1.165) is 79.6 Å². The van der Waals surface area contributed by atoms with Gasteiger partial charge in [-0.1, -0.05) is 24.3 Å². The van der Waals surface area contributed by atoms with Crippen LogP contribution in [0, 0.1) is 0 Å². The number of likely N-dealkylation sites (tertiary alicyclic amines) is 2. The van der Waals surface area contributed by atoms with Crippen LogP contribution < -0.4 is 10.6 Å². The first-order valence-electron chi connectivity index (χ1n) is 17.3. The summed E-state index contributed by atoms with van der Waals surface area (Å²) in [6.07, 6.45) is 5.79. The average molecular weight is 643 g/mol. The molecule has 0 aliphatic carbocycles. The maximum absolute atomic E-state index is 14.0. The SMILES string of the molecule is O=C(O[C@H](Cc1ccc2[nH]ncc2c1)C(=O)N1CCC(N2CCCNCC2)CC1)N1CCC(N2CCc3ccccc3NC2=O)CC1. The molecule has 0 saturated carbocycles. The zero-order valence-electron chi connectivity index (χ0n) is 27.0. The van der Waals surface area contributed by atoms with E-state index in [1.54, 1.807) is 11.1 Å². The third kappa shape index (κ3) is 7.23. The van der Waals surface area contributed by atoms with Gasteiger partial charge in [0.05, 0.1) is 11.7 Å². The molecule has 3 aromatic rings. The largest absolute Gasteiger partial charge is 0.436 e. The number of H-pyrrole nitrogens is 1. The molecule has 3 fully saturated rings. The number of aromatic nitrogens is 2. The van der Waals surface area contributed by atoms with Gasteiger partial charge in [0, 0.05) is 75.4 Å². The van der Waals surface area contributed by atoms with Crippen molar-refractivity contribution in [1.29, 1.82) is 0 Å². The molecule has 4 aliphatic rings. The van der Waals surface area contributed by atoms with Gasteiger partial charge in [0.25, 0.3) is 5.91 Å². The Morgan fingerprint density at radius 1 is 0.894 bits per heavy atom. The van der Waals surface area contributed by atoms with Gasteiger partial charge in [-0.2, -0.15) is 5.10 Å². The quantitative estimate of drug-likeness (QED) is 0.376. The zero-order chi connectivity index (χ0) is 32.2. The zero-order valence-corrected chi connectivity index (χ0v) is 27.0. The molecule has 2 aromatic carbocycles. The molecular formula is C35H46N8O4. The van der Waals surface area contributed by atoms with Crippen LogP contribution >= 0.6 is 0 Å². The molecule has 12 heteroatoms. The molecule has 3 saturated heterocycles. The number of anilines is 1. The second-order valence-corrected chi connectivity index (χ2v) is 13.3. The smallest absolute Gasteiger partial charge is 0.410 e. The number of nitrogens with zero attached hydrogens (tertiary/aromatic N) is 5. The Balaban J connectivity index is 0.984. The number of benzene rings is 2. The van der Waals surface area contributed by atoms with Crippen molar-refractivity contribution in [2.45, 2.75) is 63.1 Å². The molecular weight excluding hydrogens is 596 g/mol. The number of piperidine rings is 2. The molecule has 250 valence electrons. The van der Waals surface area contributed by atoms with Crippen LogP contribution in [0.5, 0.6) is 0 Å². The Morgan fingerprint density at radius 3 is 2.53 bits per heavy atom. The summed E-state index contributed by atoms with van der Waals surface area (Å²) in [5.41, 5.74) is 3.84. The standard InChI is InChI=1S/C35H46N8O4/c44-33(41-16-9-28(10-17-41)40-15-3-13-36-14-21-40)32(23-25-6-7-31-27(22-25)24-37-39-31)47-35(46)42-18-11-29(12-19-42)43-20-8-26-4-1-2-5-30(26)38-34(43)45/h1-2,4-7,22,24,28-29,32,36H,3,8-21,23H2,(H,37,39)(H,38,45)/t32-/m1/s1. The summed E-state index contributed by atoms with van der Waals surface area (Å²) in [7, 11) is 0. The molecule has 1 aromatic heterocycles. The van der Waals surface area contributed by atoms with Gasteiger partial charge >= 0.3 is 12.1 Å². The minimum absolute atomic E-state index is 0.0359. The summed E-state index contributed by atoms with van der Waals surface area (Å²) in [5, 5.41) is 14.6. The highest BCUT2D eigenvalue weighted by atomic mass is 16.6. The first kappa shape index (κ1) is 31.4. The molecule has 0 spiro atoms. The lowest BCUT2D eigenvalue weighted by Crippen LogP contribution is -2.52. The van der Waals surface area contributed by atoms with Crippen LogP contribution in [0.25, 0.3) is 10.9 Å². The third-order valence-electron chi connectivity index (χ3n) is 10.4. The van der Waals surface area contributed by atoms with Crippen LogP contribution in [0.3, 0.4) is 0 Å². The fourth-order valence-electron chi connectivity index (χ4n) is 7.69. The van der Waals surface area contributed by atoms with Gasteiger partial charge in [-0.15, -0.1) is 0 Å². The highest BCUT2D eigenvalue weighted by Crippen LogP contribution is 2.26. The minimum atomic E-state index is -0.918. The number of carbonyl (C=O) groups excluding carboxylic acids is 3. The number of carbonyl (C=O) groups is 3. The first-order chi connectivity index (χ1) is 23.0. The van der Waals surface area contributed by atoms with E-state index >= 15 is 0 Å². The van der Waals surface area contributed by atoms with E-state index in [1.807, 2.05) is 46.2 Å². The first-order valence-corrected chi connectivity index (χ1v) is 17.3. The van der Waals surface area contributed by atoms with E-state index < -0.39 is 12.2 Å². The van der Waals surface area contributed by atoms with Crippen LogP contribution in [-0.4, -0.2) is 125 Å². The van der Waals surface area contributed by atoms with E-state index in [-0.39, 0.29) is 18.0 Å². The predicted octanol–water partition coefficient (Wildman–Crippen LogP) is 3.45. The van der Waals surface area contributed by atoms with Gasteiger partial charge in [0.1, 0.15) is 0 Å². The van der Waals surface area contributed by atoms with Crippen molar-refractivity contribution in [2.24, 2.45) is 0 Å². The Kier molecular flexibility index (Phi) is 9.57. The lowest BCUT2D eigenvalue weighted by Gasteiger charge is -2.39. The van der Waals surface area contributed by atoms with Crippen LogP contribution in [0.1, 0.15) is 43.2 Å². The fourth-order valence-corrected chi connectivity index (χ4v) is 7.69. The molecule has 4 aliphatic heterocycles. The Bertz CT molecular complexity index is 1550. The number of hydrogen-bond donors (Lipinski definition) is 3. The number of fused-ring (bicyclic) bond motifs is 2. The molecule has 47 heavy (non-hydrogen) atoms. The van der Waals surface area contributed by atoms with E-state index in [4.69, 9.17) is 4.74 Å². The van der Waals surface area contributed by atoms with Crippen LogP contribution in [-0.2, 0) is 22.4 Å². The number of urea groups is 1.